The van der Waals surface area contributed by atoms with E-state index in [0.717, 1.165) is 15.6 Å². The third-order valence-electron chi connectivity index (χ3n) is 4.51. The van der Waals surface area contributed by atoms with Gasteiger partial charge in [-0.05, 0) is 6.07 Å². The number of methoxy groups -OCH3 is 2. The molecule has 1 aromatic carbocycles. The molecule has 2 aromatic heterocycles. The summed E-state index contributed by atoms with van der Waals surface area (Å²) in [6.07, 6.45) is 0. The van der Waals surface area contributed by atoms with Gasteiger partial charge < -0.3 is 24.0 Å². The van der Waals surface area contributed by atoms with E-state index in [-0.39, 0.29) is 30.4 Å². The zero-order chi connectivity index (χ0) is 19.6. The van der Waals surface area contributed by atoms with Crippen molar-refractivity contribution >= 4 is 38.2 Å². The van der Waals surface area contributed by atoms with Gasteiger partial charge in [-0.1, -0.05) is 18.2 Å². The lowest BCUT2D eigenvalue weighted by Gasteiger charge is -2.21. The van der Waals surface area contributed by atoms with Crippen LogP contribution in [0.15, 0.2) is 29.1 Å². The topological polar surface area (TPSA) is 81.0 Å². The molecule has 0 saturated heterocycles. The molecule has 1 amide bonds. The third-order valence-corrected chi connectivity index (χ3v) is 5.71. The Bertz CT molecular complexity index is 1040. The summed E-state index contributed by atoms with van der Waals surface area (Å²) in [4.78, 5) is 27.9. The molecule has 0 radical (unpaired) electrons. The standard InChI is InChI=1S/C19H22N2O5S/c1-20-13-7-5-4-6-12(13)16-14(18(20)23)15(26-3)17(27-16)19(24)21(8-10-22)9-11-25-2/h4-7,22H,8-11H2,1-3H3. The summed E-state index contributed by atoms with van der Waals surface area (Å²) in [6.45, 7) is 0.710. The van der Waals surface area contributed by atoms with Crippen molar-refractivity contribution in [3.8, 4) is 5.75 Å². The number of rotatable bonds is 7. The van der Waals surface area contributed by atoms with E-state index in [2.05, 4.69) is 0 Å². The van der Waals surface area contributed by atoms with Crippen molar-refractivity contribution in [1.82, 2.24) is 9.47 Å². The number of aryl methyl sites for hydroxylation is 1. The Morgan fingerprint density at radius 2 is 2.00 bits per heavy atom. The van der Waals surface area contributed by atoms with Gasteiger partial charge in [-0.3, -0.25) is 9.59 Å². The molecule has 0 unspecified atom stereocenters. The van der Waals surface area contributed by atoms with E-state index in [1.54, 1.807) is 18.7 Å². The maximum Gasteiger partial charge on any atom is 0.267 e. The number of ether oxygens (including phenoxy) is 2. The maximum atomic E-state index is 13.1. The number of para-hydroxylation sites is 1. The van der Waals surface area contributed by atoms with Crippen LogP contribution in [0.4, 0.5) is 0 Å². The lowest BCUT2D eigenvalue weighted by atomic mass is 10.1. The first-order chi connectivity index (χ1) is 13.0. The number of nitrogens with zero attached hydrogens (tertiary/aromatic N) is 2. The second-order valence-electron chi connectivity index (χ2n) is 6.06. The normalized spacial score (nSPS) is 11.3. The van der Waals surface area contributed by atoms with E-state index >= 15 is 0 Å². The van der Waals surface area contributed by atoms with Gasteiger partial charge in [0.25, 0.3) is 11.5 Å². The average molecular weight is 390 g/mol. The first kappa shape index (κ1) is 19.3. The van der Waals surface area contributed by atoms with E-state index in [4.69, 9.17) is 9.47 Å². The van der Waals surface area contributed by atoms with Gasteiger partial charge in [-0.2, -0.15) is 0 Å². The molecule has 27 heavy (non-hydrogen) atoms. The summed E-state index contributed by atoms with van der Waals surface area (Å²) in [7, 11) is 4.72. The zero-order valence-corrected chi connectivity index (χ0v) is 16.3. The minimum Gasteiger partial charge on any atom is -0.494 e. The lowest BCUT2D eigenvalue weighted by molar-refractivity contribution is 0.0658. The number of amides is 1. The highest BCUT2D eigenvalue weighted by Crippen LogP contribution is 2.39. The molecule has 3 aromatic rings. The molecule has 2 heterocycles. The van der Waals surface area contributed by atoms with E-state index < -0.39 is 0 Å². The van der Waals surface area contributed by atoms with Crippen molar-refractivity contribution < 1.29 is 19.4 Å². The summed E-state index contributed by atoms with van der Waals surface area (Å²) in [5.41, 5.74) is 0.589. The van der Waals surface area contributed by atoms with Crippen molar-refractivity contribution in [2.75, 3.05) is 40.5 Å². The molecule has 0 aliphatic heterocycles. The Hall–Kier alpha value is -2.42. The smallest absolute Gasteiger partial charge is 0.267 e. The molecular weight excluding hydrogens is 368 g/mol. The molecule has 8 heteroatoms. The van der Waals surface area contributed by atoms with E-state index in [0.29, 0.717) is 23.4 Å². The predicted molar refractivity (Wildman–Crippen MR) is 106 cm³/mol. The van der Waals surface area contributed by atoms with E-state index in [1.807, 2.05) is 24.3 Å². The minimum atomic E-state index is -0.287. The number of fused-ring (bicyclic) bond motifs is 3. The molecule has 0 spiro atoms. The molecule has 3 rings (SSSR count). The number of benzene rings is 1. The molecule has 144 valence electrons. The van der Waals surface area contributed by atoms with Crippen molar-refractivity contribution in [2.45, 2.75) is 0 Å². The SMILES string of the molecule is COCCN(CCO)C(=O)c1sc2c(c1OC)c(=O)n(C)c1ccccc21. The number of pyridine rings is 1. The van der Waals surface area contributed by atoms with Gasteiger partial charge in [-0.15, -0.1) is 11.3 Å². The Balaban J connectivity index is 2.25. The second-order valence-corrected chi connectivity index (χ2v) is 7.08. The molecule has 0 aliphatic carbocycles. The quantitative estimate of drug-likeness (QED) is 0.666. The van der Waals surface area contributed by atoms with Gasteiger partial charge in [0.1, 0.15) is 10.3 Å². The number of carbonyl (C=O) groups is 1. The molecule has 0 saturated carbocycles. The van der Waals surface area contributed by atoms with Crippen LogP contribution in [0.1, 0.15) is 9.67 Å². The summed E-state index contributed by atoms with van der Waals surface area (Å²) in [6, 6.07) is 7.58. The first-order valence-electron chi connectivity index (χ1n) is 8.52. The number of aromatic nitrogens is 1. The third kappa shape index (κ3) is 3.31. The Morgan fingerprint density at radius 3 is 2.67 bits per heavy atom. The molecular formula is C19H22N2O5S. The monoisotopic (exact) mass is 390 g/mol. The molecule has 0 atom stereocenters. The molecule has 0 fully saturated rings. The van der Waals surface area contributed by atoms with Gasteiger partial charge in [-0.25, -0.2) is 0 Å². The van der Waals surface area contributed by atoms with Crippen molar-refractivity contribution in [1.29, 1.82) is 0 Å². The number of carbonyl (C=O) groups excluding carboxylic acids is 1. The number of aliphatic hydroxyl groups excluding tert-OH is 1. The number of thiophene rings is 1. The number of hydrogen-bond donors (Lipinski definition) is 1. The number of hydrogen-bond acceptors (Lipinski definition) is 6. The van der Waals surface area contributed by atoms with Crippen LogP contribution in [0.25, 0.3) is 21.0 Å². The van der Waals surface area contributed by atoms with Crippen molar-refractivity contribution in [2.24, 2.45) is 7.05 Å². The highest BCUT2D eigenvalue weighted by molar-refractivity contribution is 7.22. The van der Waals surface area contributed by atoms with Crippen LogP contribution in [-0.4, -0.2) is 61.0 Å². The zero-order valence-electron chi connectivity index (χ0n) is 15.5. The summed E-state index contributed by atoms with van der Waals surface area (Å²) < 4.78 is 12.8. The Labute approximate surface area is 160 Å². The largest absolute Gasteiger partial charge is 0.494 e. The van der Waals surface area contributed by atoms with Gasteiger partial charge >= 0.3 is 0 Å². The van der Waals surface area contributed by atoms with Crippen LogP contribution in [0.5, 0.6) is 5.75 Å². The molecule has 0 bridgehead atoms. The highest BCUT2D eigenvalue weighted by Gasteiger charge is 2.27. The fraction of sp³-hybridized carbons (Fsp3) is 0.368. The van der Waals surface area contributed by atoms with Crippen LogP contribution in [-0.2, 0) is 11.8 Å². The van der Waals surface area contributed by atoms with Crippen LogP contribution >= 0.6 is 11.3 Å². The Kier molecular flexibility index (Phi) is 5.79. The average Bonchev–Trinajstić information content (AvgIpc) is 3.08. The Morgan fingerprint density at radius 1 is 1.26 bits per heavy atom. The highest BCUT2D eigenvalue weighted by atomic mass is 32.1. The van der Waals surface area contributed by atoms with Crippen molar-refractivity contribution in [3.63, 3.8) is 0 Å². The minimum absolute atomic E-state index is 0.159. The predicted octanol–water partition coefficient (Wildman–Crippen LogP) is 1.84. The van der Waals surface area contributed by atoms with Crippen LogP contribution in [0, 0.1) is 0 Å². The molecule has 1 N–H and O–H groups in total. The van der Waals surface area contributed by atoms with Crippen LogP contribution in [0.2, 0.25) is 0 Å². The maximum absolute atomic E-state index is 13.1. The lowest BCUT2D eigenvalue weighted by Crippen LogP contribution is -2.36. The van der Waals surface area contributed by atoms with Crippen molar-refractivity contribution in [3.05, 3.63) is 39.5 Å². The van der Waals surface area contributed by atoms with Gasteiger partial charge in [0.15, 0.2) is 5.75 Å². The van der Waals surface area contributed by atoms with E-state index in [1.165, 1.54) is 23.3 Å². The van der Waals surface area contributed by atoms with Gasteiger partial charge in [0.05, 0.1) is 30.5 Å². The fourth-order valence-electron chi connectivity index (χ4n) is 3.15. The second kappa shape index (κ2) is 8.08. The summed E-state index contributed by atoms with van der Waals surface area (Å²) in [5, 5.41) is 10.6. The van der Waals surface area contributed by atoms with Gasteiger partial charge in [0.2, 0.25) is 0 Å². The number of aliphatic hydroxyl groups is 1. The van der Waals surface area contributed by atoms with E-state index in [9.17, 15) is 14.7 Å². The fourth-order valence-corrected chi connectivity index (χ4v) is 4.41. The van der Waals surface area contributed by atoms with Crippen LogP contribution in [0.3, 0.4) is 0 Å². The summed E-state index contributed by atoms with van der Waals surface area (Å²) >= 11 is 1.24. The van der Waals surface area contributed by atoms with Crippen LogP contribution < -0.4 is 10.3 Å². The van der Waals surface area contributed by atoms with Gasteiger partial charge in [0, 0.05) is 32.6 Å². The summed E-state index contributed by atoms with van der Waals surface area (Å²) in [5.74, 6) is -0.00278. The molecule has 7 nitrogen and oxygen atoms in total. The first-order valence-corrected chi connectivity index (χ1v) is 9.34. The molecule has 0 aliphatic rings.